The van der Waals surface area contributed by atoms with Gasteiger partial charge < -0.3 is 9.47 Å². The maximum Gasteiger partial charge on any atom is 0.159 e. The zero-order valence-corrected chi connectivity index (χ0v) is 12.9. The van der Waals surface area contributed by atoms with E-state index in [9.17, 15) is 4.39 Å². The molecular formula is C19H19FO2. The smallest absolute Gasteiger partial charge is 0.159 e. The summed E-state index contributed by atoms with van der Waals surface area (Å²) in [6, 6.07) is 13.3. The van der Waals surface area contributed by atoms with E-state index in [4.69, 9.17) is 9.47 Å². The lowest BCUT2D eigenvalue weighted by Gasteiger charge is -2.26. The molecule has 1 saturated carbocycles. The van der Waals surface area contributed by atoms with E-state index in [2.05, 4.69) is 0 Å². The molecule has 2 fully saturated rings. The minimum Gasteiger partial charge on any atom is -0.484 e. The number of aryl methyl sites for hydroxylation is 2. The number of para-hydroxylation sites is 1. The number of hydrogen-bond acceptors (Lipinski definition) is 2. The Morgan fingerprint density at radius 2 is 1.82 bits per heavy atom. The quantitative estimate of drug-likeness (QED) is 0.786. The van der Waals surface area contributed by atoms with Gasteiger partial charge in [-0.3, -0.25) is 0 Å². The van der Waals surface area contributed by atoms with E-state index in [-0.39, 0.29) is 5.82 Å². The van der Waals surface area contributed by atoms with Gasteiger partial charge in [0.25, 0.3) is 0 Å². The Hall–Kier alpha value is -1.87. The third kappa shape index (κ3) is 1.96. The van der Waals surface area contributed by atoms with Gasteiger partial charge in [-0.25, -0.2) is 4.39 Å². The van der Waals surface area contributed by atoms with Crippen LogP contribution in [0.5, 0.6) is 5.75 Å². The topological polar surface area (TPSA) is 21.8 Å². The maximum absolute atomic E-state index is 14.4. The van der Waals surface area contributed by atoms with Crippen LogP contribution in [0.3, 0.4) is 0 Å². The average Bonchev–Trinajstić information content (AvgIpc) is 3.36. The molecule has 0 aromatic heterocycles. The molecule has 1 atom stereocenters. The molecule has 3 heteroatoms. The molecule has 4 rings (SSSR count). The van der Waals surface area contributed by atoms with Crippen LogP contribution in [-0.2, 0) is 10.3 Å². The summed E-state index contributed by atoms with van der Waals surface area (Å²) in [7, 11) is 0. The predicted octanol–water partition coefficient (Wildman–Crippen LogP) is 4.28. The van der Waals surface area contributed by atoms with Gasteiger partial charge in [-0.15, -0.1) is 0 Å². The monoisotopic (exact) mass is 298 g/mol. The third-order valence-electron chi connectivity index (χ3n) is 4.83. The van der Waals surface area contributed by atoms with Crippen LogP contribution >= 0.6 is 0 Å². The second-order valence-electron chi connectivity index (χ2n) is 6.46. The van der Waals surface area contributed by atoms with Crippen LogP contribution in [-0.4, -0.2) is 12.2 Å². The van der Waals surface area contributed by atoms with Crippen LogP contribution in [0.4, 0.5) is 4.39 Å². The van der Waals surface area contributed by atoms with Crippen LogP contribution in [0.2, 0.25) is 0 Å². The van der Waals surface area contributed by atoms with Crippen molar-refractivity contribution in [3.05, 3.63) is 65.0 Å². The fourth-order valence-corrected chi connectivity index (χ4v) is 3.27. The van der Waals surface area contributed by atoms with E-state index in [0.717, 1.165) is 29.7 Å². The van der Waals surface area contributed by atoms with Crippen LogP contribution in [0, 0.1) is 19.7 Å². The van der Waals surface area contributed by atoms with Crippen molar-refractivity contribution in [1.29, 1.82) is 0 Å². The number of halogens is 1. The molecule has 1 aliphatic carbocycles. The van der Waals surface area contributed by atoms with E-state index >= 15 is 0 Å². The van der Waals surface area contributed by atoms with Crippen LogP contribution in [0.25, 0.3) is 0 Å². The lowest BCUT2D eigenvalue weighted by molar-refractivity contribution is 0.0696. The minimum atomic E-state index is -0.618. The van der Waals surface area contributed by atoms with Crippen molar-refractivity contribution < 1.29 is 13.9 Å². The number of rotatable bonds is 4. The number of hydrogen-bond donors (Lipinski definition) is 0. The molecular weight excluding hydrogens is 279 g/mol. The highest BCUT2D eigenvalue weighted by atomic mass is 19.1. The molecule has 2 aromatic rings. The summed E-state index contributed by atoms with van der Waals surface area (Å²) in [5, 5.41) is 0. The number of ether oxygens (including phenoxy) is 2. The van der Waals surface area contributed by atoms with Crippen molar-refractivity contribution in [1.82, 2.24) is 0 Å². The Kier molecular flexibility index (Phi) is 2.85. The van der Waals surface area contributed by atoms with E-state index in [1.54, 1.807) is 6.07 Å². The van der Waals surface area contributed by atoms with Gasteiger partial charge in [0, 0.05) is 5.56 Å². The Labute approximate surface area is 129 Å². The Morgan fingerprint density at radius 3 is 2.41 bits per heavy atom. The van der Waals surface area contributed by atoms with Crippen LogP contribution < -0.4 is 4.74 Å². The first-order chi connectivity index (χ1) is 10.6. The molecule has 1 saturated heterocycles. The van der Waals surface area contributed by atoms with Gasteiger partial charge in [-0.05, 0) is 49.9 Å². The van der Waals surface area contributed by atoms with Crippen LogP contribution in [0.1, 0.15) is 29.5 Å². The molecule has 0 bridgehead atoms. The zero-order valence-electron chi connectivity index (χ0n) is 12.9. The van der Waals surface area contributed by atoms with Crippen molar-refractivity contribution in [2.45, 2.75) is 37.9 Å². The second kappa shape index (κ2) is 4.56. The maximum atomic E-state index is 14.4. The van der Waals surface area contributed by atoms with Gasteiger partial charge in [0.1, 0.15) is 17.2 Å². The summed E-state index contributed by atoms with van der Waals surface area (Å²) in [5.41, 5.74) is 1.60. The van der Waals surface area contributed by atoms with Gasteiger partial charge in [0.05, 0.1) is 6.61 Å². The standard InChI is InChI=1S/C19H19FO2/c1-13-7-8-15(16(20)11-13)19(12-21-19)18(9-10-18)22-17-6-4-3-5-14(17)2/h3-8,11H,9-10,12H2,1-2H3. The SMILES string of the molecule is Cc1ccc(C2(C3(Oc4ccccc4C)CC3)CO2)c(F)c1. The molecule has 2 aliphatic rings. The predicted molar refractivity (Wildman–Crippen MR) is 82.5 cm³/mol. The van der Waals surface area contributed by atoms with Gasteiger partial charge in [0.2, 0.25) is 0 Å². The summed E-state index contributed by atoms with van der Waals surface area (Å²) in [6.07, 6.45) is 1.79. The first-order valence-corrected chi connectivity index (χ1v) is 7.72. The van der Waals surface area contributed by atoms with E-state index in [1.807, 2.05) is 50.2 Å². The first kappa shape index (κ1) is 13.8. The fourth-order valence-electron chi connectivity index (χ4n) is 3.27. The van der Waals surface area contributed by atoms with Crippen molar-refractivity contribution in [2.24, 2.45) is 0 Å². The van der Waals surface area contributed by atoms with E-state index in [0.29, 0.717) is 12.2 Å². The van der Waals surface area contributed by atoms with Gasteiger partial charge in [0.15, 0.2) is 5.60 Å². The second-order valence-corrected chi connectivity index (χ2v) is 6.46. The highest BCUT2D eigenvalue weighted by molar-refractivity contribution is 5.41. The summed E-state index contributed by atoms with van der Waals surface area (Å²) < 4.78 is 26.5. The highest BCUT2D eigenvalue weighted by Gasteiger charge is 2.72. The molecule has 1 aliphatic heterocycles. The molecule has 1 heterocycles. The third-order valence-corrected chi connectivity index (χ3v) is 4.83. The molecule has 0 spiro atoms. The lowest BCUT2D eigenvalue weighted by Crippen LogP contribution is -2.36. The number of epoxide rings is 1. The molecule has 0 radical (unpaired) electrons. The van der Waals surface area contributed by atoms with E-state index < -0.39 is 11.2 Å². The van der Waals surface area contributed by atoms with Gasteiger partial charge in [-0.2, -0.15) is 0 Å². The Balaban J connectivity index is 1.70. The van der Waals surface area contributed by atoms with Crippen molar-refractivity contribution in [3.63, 3.8) is 0 Å². The molecule has 1 unspecified atom stereocenters. The first-order valence-electron chi connectivity index (χ1n) is 7.72. The largest absolute Gasteiger partial charge is 0.484 e. The van der Waals surface area contributed by atoms with Crippen LogP contribution in [0.15, 0.2) is 42.5 Å². The zero-order chi connectivity index (χ0) is 15.4. The molecule has 0 amide bonds. The van der Waals surface area contributed by atoms with Gasteiger partial charge >= 0.3 is 0 Å². The molecule has 2 nitrogen and oxygen atoms in total. The highest BCUT2D eigenvalue weighted by Crippen LogP contribution is 2.62. The minimum absolute atomic E-state index is 0.197. The molecule has 2 aromatic carbocycles. The van der Waals surface area contributed by atoms with E-state index in [1.165, 1.54) is 0 Å². The molecule has 22 heavy (non-hydrogen) atoms. The fraction of sp³-hybridized carbons (Fsp3) is 0.368. The lowest BCUT2D eigenvalue weighted by atomic mass is 9.90. The van der Waals surface area contributed by atoms with Crippen molar-refractivity contribution >= 4 is 0 Å². The normalized spacial score (nSPS) is 24.9. The summed E-state index contributed by atoms with van der Waals surface area (Å²) in [4.78, 5) is 0. The Morgan fingerprint density at radius 1 is 1.09 bits per heavy atom. The summed E-state index contributed by atoms with van der Waals surface area (Å²) in [5.74, 6) is 0.666. The Bertz CT molecular complexity index is 730. The number of benzene rings is 2. The average molecular weight is 298 g/mol. The van der Waals surface area contributed by atoms with Crippen molar-refractivity contribution in [2.75, 3.05) is 6.61 Å². The summed E-state index contributed by atoms with van der Waals surface area (Å²) >= 11 is 0. The summed E-state index contributed by atoms with van der Waals surface area (Å²) in [6.45, 7) is 4.45. The van der Waals surface area contributed by atoms with Crippen molar-refractivity contribution in [3.8, 4) is 5.75 Å². The molecule has 114 valence electrons. The molecule has 0 N–H and O–H groups in total. The van der Waals surface area contributed by atoms with Gasteiger partial charge in [-0.1, -0.05) is 30.3 Å².